The van der Waals surface area contributed by atoms with Gasteiger partial charge in [-0.1, -0.05) is 43.7 Å². The number of phenols is 3. The highest BCUT2D eigenvalue weighted by molar-refractivity contribution is 7.92. The fourth-order valence-electron chi connectivity index (χ4n) is 3.72. The van der Waals surface area contributed by atoms with Crippen LogP contribution in [0.4, 0.5) is 5.69 Å². The summed E-state index contributed by atoms with van der Waals surface area (Å²) in [5, 5.41) is 43.3. The molecule has 3 aromatic rings. The molecule has 0 aliphatic heterocycles. The van der Waals surface area contributed by atoms with Gasteiger partial charge in [-0.25, -0.2) is 8.42 Å². The fraction of sp³-hybridized carbons (Fsp3) is 0.308. The molecule has 6 N–H and O–H groups in total. The van der Waals surface area contributed by atoms with Gasteiger partial charge in [-0.3, -0.25) is 4.72 Å². The molecule has 0 aliphatic carbocycles. The summed E-state index contributed by atoms with van der Waals surface area (Å²) < 4.78 is 26.8. The van der Waals surface area contributed by atoms with E-state index in [1.165, 1.54) is 12.1 Å². The normalized spacial score (nSPS) is 12.5. The van der Waals surface area contributed by atoms with E-state index in [-0.39, 0.29) is 41.2 Å². The molecular weight excluding hydrogens is 468 g/mol. The third-order valence-corrected chi connectivity index (χ3v) is 7.07. The van der Waals surface area contributed by atoms with Crippen molar-refractivity contribution in [1.82, 2.24) is 5.32 Å². The molecular formula is C26H32N2O6S. The van der Waals surface area contributed by atoms with Crippen molar-refractivity contribution in [2.24, 2.45) is 0 Å². The molecule has 0 saturated heterocycles. The summed E-state index contributed by atoms with van der Waals surface area (Å²) in [4.78, 5) is 0. The third-order valence-electron chi connectivity index (χ3n) is 5.71. The van der Waals surface area contributed by atoms with Crippen LogP contribution in [0.5, 0.6) is 17.2 Å². The van der Waals surface area contributed by atoms with Crippen LogP contribution in [-0.4, -0.2) is 47.7 Å². The van der Waals surface area contributed by atoms with Gasteiger partial charge in [-0.15, -0.1) is 0 Å². The van der Waals surface area contributed by atoms with Gasteiger partial charge in [0.1, 0.15) is 17.2 Å². The van der Waals surface area contributed by atoms with E-state index in [9.17, 15) is 28.8 Å². The second kappa shape index (κ2) is 11.9. The zero-order valence-electron chi connectivity index (χ0n) is 19.6. The summed E-state index contributed by atoms with van der Waals surface area (Å²) >= 11 is 0. The van der Waals surface area contributed by atoms with Crippen LogP contribution in [0.1, 0.15) is 48.5 Å². The molecule has 0 aliphatic rings. The van der Waals surface area contributed by atoms with Gasteiger partial charge in [0.05, 0.1) is 17.5 Å². The molecule has 0 unspecified atom stereocenters. The van der Waals surface area contributed by atoms with E-state index in [0.29, 0.717) is 18.5 Å². The van der Waals surface area contributed by atoms with E-state index in [1.807, 2.05) is 31.2 Å². The number of aliphatic hydroxyl groups excluding tert-OH is 1. The molecule has 0 fully saturated rings. The van der Waals surface area contributed by atoms with Gasteiger partial charge in [0.2, 0.25) is 10.0 Å². The van der Waals surface area contributed by atoms with Gasteiger partial charge >= 0.3 is 0 Å². The molecule has 1 atom stereocenters. The van der Waals surface area contributed by atoms with Crippen LogP contribution in [-0.2, 0) is 10.0 Å². The van der Waals surface area contributed by atoms with Gasteiger partial charge in [0, 0.05) is 19.0 Å². The SMILES string of the molecule is CCCCS(=O)(=O)Nc1cc([C@@H](O)CNCC(c2ccc(O)cc2)c2ccc(O)cc2)ccc1O. The summed E-state index contributed by atoms with van der Waals surface area (Å²) in [5.41, 5.74) is 2.38. The van der Waals surface area contributed by atoms with Crippen LogP contribution < -0.4 is 10.0 Å². The first-order valence-electron chi connectivity index (χ1n) is 11.5. The van der Waals surface area contributed by atoms with Crippen molar-refractivity contribution in [3.63, 3.8) is 0 Å². The molecule has 35 heavy (non-hydrogen) atoms. The summed E-state index contributed by atoms with van der Waals surface area (Å²) in [7, 11) is -3.60. The molecule has 188 valence electrons. The van der Waals surface area contributed by atoms with Crippen molar-refractivity contribution in [2.75, 3.05) is 23.6 Å². The van der Waals surface area contributed by atoms with E-state index in [4.69, 9.17) is 0 Å². The van der Waals surface area contributed by atoms with Crippen LogP contribution in [0.3, 0.4) is 0 Å². The maximum Gasteiger partial charge on any atom is 0.232 e. The van der Waals surface area contributed by atoms with Crippen LogP contribution in [0.15, 0.2) is 66.7 Å². The number of rotatable bonds is 12. The van der Waals surface area contributed by atoms with Crippen molar-refractivity contribution in [2.45, 2.75) is 31.8 Å². The number of nitrogens with one attached hydrogen (secondary N) is 2. The maximum absolute atomic E-state index is 12.2. The summed E-state index contributed by atoms with van der Waals surface area (Å²) in [6.45, 7) is 2.53. The van der Waals surface area contributed by atoms with Crippen LogP contribution in [0.2, 0.25) is 0 Å². The lowest BCUT2D eigenvalue weighted by molar-refractivity contribution is 0.174. The minimum Gasteiger partial charge on any atom is -0.508 e. The quantitative estimate of drug-likeness (QED) is 0.208. The highest BCUT2D eigenvalue weighted by Gasteiger charge is 2.18. The number of hydrogen-bond donors (Lipinski definition) is 6. The highest BCUT2D eigenvalue weighted by atomic mass is 32.2. The molecule has 3 rings (SSSR count). The number of aromatic hydroxyl groups is 3. The van der Waals surface area contributed by atoms with Crippen molar-refractivity contribution in [3.8, 4) is 17.2 Å². The zero-order valence-corrected chi connectivity index (χ0v) is 20.4. The van der Waals surface area contributed by atoms with Crippen molar-refractivity contribution >= 4 is 15.7 Å². The van der Waals surface area contributed by atoms with E-state index in [0.717, 1.165) is 17.5 Å². The van der Waals surface area contributed by atoms with Crippen molar-refractivity contribution in [3.05, 3.63) is 83.4 Å². The summed E-state index contributed by atoms with van der Waals surface area (Å²) in [6, 6.07) is 18.0. The third kappa shape index (κ3) is 7.61. The number of phenolic OH excluding ortho intramolecular Hbond substituents is 3. The van der Waals surface area contributed by atoms with E-state index in [1.54, 1.807) is 30.3 Å². The van der Waals surface area contributed by atoms with E-state index < -0.39 is 16.1 Å². The second-order valence-corrected chi connectivity index (χ2v) is 10.3. The molecule has 0 heterocycles. The Labute approximate surface area is 206 Å². The van der Waals surface area contributed by atoms with Gasteiger partial charge in [0.25, 0.3) is 0 Å². The highest BCUT2D eigenvalue weighted by Crippen LogP contribution is 2.29. The lowest BCUT2D eigenvalue weighted by Gasteiger charge is -2.21. The standard InChI is InChI=1S/C26H32N2O6S/c1-2-3-14-35(33,34)28-24-15-20(8-13-25(24)31)26(32)17-27-16-23(18-4-9-21(29)10-5-18)19-6-11-22(30)12-7-19/h4-13,15,23,26-32H,2-3,14,16-17H2,1H3/t26-/m0/s1. The largest absolute Gasteiger partial charge is 0.508 e. The van der Waals surface area contributed by atoms with Gasteiger partial charge in [-0.05, 0) is 59.5 Å². The molecule has 0 amide bonds. The van der Waals surface area contributed by atoms with E-state index >= 15 is 0 Å². The lowest BCUT2D eigenvalue weighted by Crippen LogP contribution is -2.27. The monoisotopic (exact) mass is 500 g/mol. The average Bonchev–Trinajstić information content (AvgIpc) is 2.83. The number of sulfonamides is 1. The first kappa shape index (κ1) is 26.3. The summed E-state index contributed by atoms with van der Waals surface area (Å²) in [5.74, 6) is -0.0457. The molecule has 0 radical (unpaired) electrons. The Balaban J connectivity index is 1.69. The Bertz CT molecular complexity index is 1150. The first-order valence-corrected chi connectivity index (χ1v) is 13.1. The Kier molecular flexibility index (Phi) is 8.97. The number of anilines is 1. The average molecular weight is 501 g/mol. The fourth-order valence-corrected chi connectivity index (χ4v) is 4.99. The van der Waals surface area contributed by atoms with Gasteiger partial charge in [-0.2, -0.15) is 0 Å². The first-order chi connectivity index (χ1) is 16.7. The number of benzene rings is 3. The van der Waals surface area contributed by atoms with Crippen molar-refractivity contribution < 1.29 is 28.8 Å². The summed E-state index contributed by atoms with van der Waals surface area (Å²) in [6.07, 6.45) is 0.285. The number of hydrogen-bond acceptors (Lipinski definition) is 7. The Morgan fingerprint density at radius 2 is 1.34 bits per heavy atom. The van der Waals surface area contributed by atoms with E-state index in [2.05, 4.69) is 10.0 Å². The maximum atomic E-state index is 12.2. The topological polar surface area (TPSA) is 139 Å². The molecule has 0 spiro atoms. The number of unbranched alkanes of at least 4 members (excludes halogenated alkanes) is 1. The predicted molar refractivity (Wildman–Crippen MR) is 136 cm³/mol. The van der Waals surface area contributed by atoms with Crippen LogP contribution >= 0.6 is 0 Å². The van der Waals surface area contributed by atoms with Crippen LogP contribution in [0.25, 0.3) is 0 Å². The second-order valence-electron chi connectivity index (χ2n) is 8.46. The Hall–Kier alpha value is -3.27. The van der Waals surface area contributed by atoms with Crippen molar-refractivity contribution in [1.29, 1.82) is 0 Å². The number of aliphatic hydroxyl groups is 1. The molecule has 0 saturated carbocycles. The van der Waals surface area contributed by atoms with Gasteiger partial charge < -0.3 is 25.7 Å². The smallest absolute Gasteiger partial charge is 0.232 e. The predicted octanol–water partition coefficient (Wildman–Crippen LogP) is 3.80. The minimum atomic E-state index is -3.60. The molecule has 8 nitrogen and oxygen atoms in total. The molecule has 0 aromatic heterocycles. The Morgan fingerprint density at radius 3 is 1.89 bits per heavy atom. The minimum absolute atomic E-state index is 0.0312. The molecule has 3 aromatic carbocycles. The van der Waals surface area contributed by atoms with Gasteiger partial charge in [0.15, 0.2) is 0 Å². The molecule has 0 bridgehead atoms. The lowest BCUT2D eigenvalue weighted by atomic mass is 9.91. The molecule has 9 heteroatoms. The zero-order chi connectivity index (χ0) is 25.4. The van der Waals surface area contributed by atoms with Crippen LogP contribution in [0, 0.1) is 0 Å². The Morgan fingerprint density at radius 1 is 0.800 bits per heavy atom.